The van der Waals surface area contributed by atoms with E-state index in [0.717, 1.165) is 29.9 Å². The third kappa shape index (κ3) is 2.77. The van der Waals surface area contributed by atoms with Crippen LogP contribution in [0.2, 0.25) is 0 Å². The van der Waals surface area contributed by atoms with Crippen molar-refractivity contribution in [3.63, 3.8) is 0 Å². The summed E-state index contributed by atoms with van der Waals surface area (Å²) in [5.41, 5.74) is 13.2. The topological polar surface area (TPSA) is 43.3 Å². The van der Waals surface area contributed by atoms with Crippen molar-refractivity contribution >= 4 is 5.65 Å². The zero-order chi connectivity index (χ0) is 15.7. The van der Waals surface area contributed by atoms with Crippen LogP contribution in [0.1, 0.15) is 48.0 Å². The first-order valence-corrected chi connectivity index (χ1v) is 7.89. The molecule has 0 saturated carbocycles. The third-order valence-corrected chi connectivity index (χ3v) is 4.13. The Balaban J connectivity index is 2.03. The number of imidazole rings is 1. The third-order valence-electron chi connectivity index (χ3n) is 4.13. The van der Waals surface area contributed by atoms with Crippen molar-refractivity contribution in [3.05, 3.63) is 70.7 Å². The Labute approximate surface area is 131 Å². The molecule has 0 aliphatic rings. The number of aromatic nitrogens is 2. The Morgan fingerprint density at radius 3 is 2.45 bits per heavy atom. The highest BCUT2D eigenvalue weighted by Gasteiger charge is 2.15. The molecule has 0 saturated heterocycles. The van der Waals surface area contributed by atoms with Crippen molar-refractivity contribution in [3.8, 4) is 0 Å². The zero-order valence-corrected chi connectivity index (χ0v) is 13.5. The summed E-state index contributed by atoms with van der Waals surface area (Å²) < 4.78 is 2.12. The van der Waals surface area contributed by atoms with Gasteiger partial charge in [-0.15, -0.1) is 0 Å². The van der Waals surface area contributed by atoms with E-state index in [4.69, 9.17) is 10.7 Å². The van der Waals surface area contributed by atoms with Gasteiger partial charge < -0.3 is 10.1 Å². The first kappa shape index (κ1) is 14.8. The normalized spacial score (nSPS) is 12.7. The van der Waals surface area contributed by atoms with Crippen molar-refractivity contribution in [1.82, 2.24) is 9.38 Å². The SMILES string of the molecule is CCc1ccc(Cc2nc3cc(C)ccn3c2C(C)N)cc1. The minimum absolute atomic E-state index is 0.0392. The molecule has 1 atom stereocenters. The molecule has 0 bridgehead atoms. The molecule has 1 aromatic carbocycles. The fourth-order valence-corrected chi connectivity index (χ4v) is 2.91. The van der Waals surface area contributed by atoms with Gasteiger partial charge in [-0.05, 0) is 49.1 Å². The smallest absolute Gasteiger partial charge is 0.137 e. The Morgan fingerprint density at radius 2 is 1.82 bits per heavy atom. The van der Waals surface area contributed by atoms with Gasteiger partial charge in [-0.25, -0.2) is 4.98 Å². The molecule has 1 unspecified atom stereocenters. The number of pyridine rings is 1. The first-order chi connectivity index (χ1) is 10.6. The van der Waals surface area contributed by atoms with Gasteiger partial charge in [0.25, 0.3) is 0 Å². The number of rotatable bonds is 4. The molecule has 0 fully saturated rings. The van der Waals surface area contributed by atoms with Gasteiger partial charge in [-0.3, -0.25) is 0 Å². The molecule has 0 aliphatic heterocycles. The summed E-state index contributed by atoms with van der Waals surface area (Å²) in [7, 11) is 0. The molecule has 3 rings (SSSR count). The van der Waals surface area contributed by atoms with E-state index in [-0.39, 0.29) is 6.04 Å². The van der Waals surface area contributed by atoms with E-state index in [1.165, 1.54) is 16.7 Å². The van der Waals surface area contributed by atoms with Crippen LogP contribution in [0.4, 0.5) is 0 Å². The summed E-state index contributed by atoms with van der Waals surface area (Å²) in [6, 6.07) is 12.9. The summed E-state index contributed by atoms with van der Waals surface area (Å²) >= 11 is 0. The minimum Gasteiger partial charge on any atom is -0.323 e. The molecule has 0 spiro atoms. The van der Waals surface area contributed by atoms with Crippen molar-refractivity contribution in [2.45, 2.75) is 39.7 Å². The average molecular weight is 293 g/mol. The fraction of sp³-hybridized carbons (Fsp3) is 0.316. The van der Waals surface area contributed by atoms with Gasteiger partial charge >= 0.3 is 0 Å². The van der Waals surface area contributed by atoms with Crippen molar-refractivity contribution < 1.29 is 0 Å². The number of hydrogen-bond donors (Lipinski definition) is 1. The van der Waals surface area contributed by atoms with Crippen LogP contribution in [-0.2, 0) is 12.8 Å². The second-order valence-corrected chi connectivity index (χ2v) is 6.01. The average Bonchev–Trinajstić information content (AvgIpc) is 2.85. The molecular formula is C19H23N3. The number of fused-ring (bicyclic) bond motifs is 1. The minimum atomic E-state index is -0.0392. The number of benzene rings is 1. The fourth-order valence-electron chi connectivity index (χ4n) is 2.91. The molecule has 3 heteroatoms. The van der Waals surface area contributed by atoms with Gasteiger partial charge in [-0.2, -0.15) is 0 Å². The molecule has 2 heterocycles. The maximum absolute atomic E-state index is 6.20. The Hall–Kier alpha value is -2.13. The largest absolute Gasteiger partial charge is 0.323 e. The van der Waals surface area contributed by atoms with Gasteiger partial charge in [0.05, 0.1) is 11.4 Å². The first-order valence-electron chi connectivity index (χ1n) is 7.89. The molecule has 3 aromatic rings. The van der Waals surface area contributed by atoms with Crippen LogP contribution in [0.3, 0.4) is 0 Å². The Bertz CT molecular complexity index is 782. The lowest BCUT2D eigenvalue weighted by molar-refractivity contribution is 0.755. The molecule has 0 radical (unpaired) electrons. The van der Waals surface area contributed by atoms with Gasteiger partial charge in [0.15, 0.2) is 0 Å². The lowest BCUT2D eigenvalue weighted by Gasteiger charge is -2.09. The molecular weight excluding hydrogens is 270 g/mol. The van der Waals surface area contributed by atoms with Crippen LogP contribution in [0, 0.1) is 6.92 Å². The number of hydrogen-bond acceptors (Lipinski definition) is 2. The highest BCUT2D eigenvalue weighted by atomic mass is 15.0. The van der Waals surface area contributed by atoms with Crippen LogP contribution >= 0.6 is 0 Å². The Morgan fingerprint density at radius 1 is 1.14 bits per heavy atom. The van der Waals surface area contributed by atoms with Crippen LogP contribution in [-0.4, -0.2) is 9.38 Å². The molecule has 114 valence electrons. The summed E-state index contributed by atoms with van der Waals surface area (Å²) in [6.45, 7) is 6.28. The quantitative estimate of drug-likeness (QED) is 0.794. The highest BCUT2D eigenvalue weighted by molar-refractivity contribution is 5.47. The predicted molar refractivity (Wildman–Crippen MR) is 91.2 cm³/mol. The van der Waals surface area contributed by atoms with Gasteiger partial charge in [-0.1, -0.05) is 31.2 Å². The summed E-state index contributed by atoms with van der Waals surface area (Å²) in [4.78, 5) is 4.82. The Kier molecular flexibility index (Phi) is 3.99. The molecule has 22 heavy (non-hydrogen) atoms. The van der Waals surface area contributed by atoms with Crippen LogP contribution in [0.15, 0.2) is 42.6 Å². The lowest BCUT2D eigenvalue weighted by Crippen LogP contribution is -2.11. The van der Waals surface area contributed by atoms with E-state index in [1.807, 2.05) is 6.92 Å². The van der Waals surface area contributed by atoms with Crippen molar-refractivity contribution in [2.75, 3.05) is 0 Å². The maximum atomic E-state index is 6.20. The predicted octanol–water partition coefficient (Wildman–Crippen LogP) is 3.82. The number of nitrogens with zero attached hydrogens (tertiary/aromatic N) is 2. The van der Waals surface area contributed by atoms with Gasteiger partial charge in [0.2, 0.25) is 0 Å². The van der Waals surface area contributed by atoms with E-state index in [0.29, 0.717) is 0 Å². The van der Waals surface area contributed by atoms with E-state index in [2.05, 4.69) is 60.8 Å². The monoisotopic (exact) mass is 293 g/mol. The summed E-state index contributed by atoms with van der Waals surface area (Å²) in [6.07, 6.45) is 3.96. The van der Waals surface area contributed by atoms with E-state index < -0.39 is 0 Å². The lowest BCUT2D eigenvalue weighted by atomic mass is 10.0. The van der Waals surface area contributed by atoms with Crippen molar-refractivity contribution in [1.29, 1.82) is 0 Å². The molecule has 2 N–H and O–H groups in total. The maximum Gasteiger partial charge on any atom is 0.137 e. The summed E-state index contributed by atoms with van der Waals surface area (Å²) in [5.74, 6) is 0. The van der Waals surface area contributed by atoms with Crippen molar-refractivity contribution in [2.24, 2.45) is 5.73 Å². The zero-order valence-electron chi connectivity index (χ0n) is 13.5. The standard InChI is InChI=1S/C19H23N3/c1-4-15-5-7-16(8-6-15)12-17-19(14(3)20)22-10-9-13(2)11-18(22)21-17/h5-11,14H,4,12,20H2,1-3H3. The summed E-state index contributed by atoms with van der Waals surface area (Å²) in [5, 5.41) is 0. The highest BCUT2D eigenvalue weighted by Crippen LogP contribution is 2.22. The van der Waals surface area contributed by atoms with E-state index in [9.17, 15) is 0 Å². The van der Waals surface area contributed by atoms with Crippen LogP contribution in [0.25, 0.3) is 5.65 Å². The second-order valence-electron chi connectivity index (χ2n) is 6.01. The van der Waals surface area contributed by atoms with E-state index in [1.54, 1.807) is 0 Å². The molecule has 0 amide bonds. The molecule has 3 nitrogen and oxygen atoms in total. The van der Waals surface area contributed by atoms with E-state index >= 15 is 0 Å². The second kappa shape index (κ2) is 5.93. The number of nitrogens with two attached hydrogens (primary N) is 1. The molecule has 2 aromatic heterocycles. The van der Waals surface area contributed by atoms with Crippen LogP contribution < -0.4 is 5.73 Å². The van der Waals surface area contributed by atoms with Gasteiger partial charge in [0, 0.05) is 18.7 Å². The van der Waals surface area contributed by atoms with Crippen LogP contribution in [0.5, 0.6) is 0 Å². The molecule has 0 aliphatic carbocycles. The number of aryl methyl sites for hydroxylation is 2. The van der Waals surface area contributed by atoms with Gasteiger partial charge in [0.1, 0.15) is 5.65 Å².